The van der Waals surface area contributed by atoms with E-state index in [1.54, 1.807) is 19.5 Å². The summed E-state index contributed by atoms with van der Waals surface area (Å²) < 4.78 is 5.38. The van der Waals surface area contributed by atoms with E-state index in [4.69, 9.17) is 4.74 Å². The summed E-state index contributed by atoms with van der Waals surface area (Å²) in [7, 11) is 1.72. The third kappa shape index (κ3) is 4.39. The molecule has 0 radical (unpaired) electrons. The van der Waals surface area contributed by atoms with Gasteiger partial charge in [0.2, 0.25) is 0 Å². The smallest absolute Gasteiger partial charge is 0.253 e. The van der Waals surface area contributed by atoms with E-state index in [1.807, 2.05) is 12.1 Å². The molecule has 1 aliphatic heterocycles. The third-order valence-corrected chi connectivity index (χ3v) is 4.43. The van der Waals surface area contributed by atoms with Crippen LogP contribution >= 0.6 is 24.8 Å². The van der Waals surface area contributed by atoms with Crippen molar-refractivity contribution in [3.63, 3.8) is 0 Å². The van der Waals surface area contributed by atoms with Crippen molar-refractivity contribution in [2.24, 2.45) is 5.41 Å². The molecule has 0 unspecified atom stereocenters. The molecule has 2 aromatic heterocycles. The average molecular weight is 375 g/mol. The van der Waals surface area contributed by atoms with Gasteiger partial charge in [0.25, 0.3) is 5.91 Å². The number of carbonyl (C=O) groups excluding carboxylic acids is 1. The van der Waals surface area contributed by atoms with Gasteiger partial charge in [-0.3, -0.25) is 4.79 Å². The molecule has 3 heterocycles. The number of hydrogen-bond donors (Lipinski definition) is 3. The summed E-state index contributed by atoms with van der Waals surface area (Å²) in [6.45, 7) is 3.24. The summed E-state index contributed by atoms with van der Waals surface area (Å²) in [5, 5.41) is 7.29. The Morgan fingerprint density at radius 3 is 2.83 bits per heavy atom. The van der Waals surface area contributed by atoms with E-state index in [0.717, 1.165) is 37.0 Å². The molecule has 0 aliphatic carbocycles. The summed E-state index contributed by atoms with van der Waals surface area (Å²) >= 11 is 0. The number of fused-ring (bicyclic) bond motifs is 1. The second kappa shape index (κ2) is 9.22. The highest BCUT2D eigenvalue weighted by Crippen LogP contribution is 2.28. The minimum absolute atomic E-state index is 0. The first-order valence-electron chi connectivity index (χ1n) is 7.64. The molecule has 1 amide bonds. The molecule has 3 N–H and O–H groups in total. The molecule has 0 saturated carbocycles. The van der Waals surface area contributed by atoms with Gasteiger partial charge in [-0.2, -0.15) is 0 Å². The second-order valence-corrected chi connectivity index (χ2v) is 5.97. The monoisotopic (exact) mass is 374 g/mol. The summed E-state index contributed by atoms with van der Waals surface area (Å²) in [5.74, 6) is -0.0618. The average Bonchev–Trinajstić information content (AvgIpc) is 2.98. The number of ether oxygens (including phenoxy) is 1. The Bertz CT molecular complexity index is 651. The molecule has 6 nitrogen and oxygen atoms in total. The van der Waals surface area contributed by atoms with Crippen molar-refractivity contribution in [1.29, 1.82) is 0 Å². The predicted molar refractivity (Wildman–Crippen MR) is 99.3 cm³/mol. The number of H-pyrrole nitrogens is 1. The lowest BCUT2D eigenvalue weighted by molar-refractivity contribution is 0.0512. The Morgan fingerprint density at radius 2 is 2.12 bits per heavy atom. The van der Waals surface area contributed by atoms with Crippen molar-refractivity contribution in [1.82, 2.24) is 20.6 Å². The zero-order chi connectivity index (χ0) is 15.4. The number of amides is 1. The molecule has 1 saturated heterocycles. The predicted octanol–water partition coefficient (Wildman–Crippen LogP) is 2.15. The molecule has 0 bridgehead atoms. The van der Waals surface area contributed by atoms with E-state index in [2.05, 4.69) is 20.6 Å². The lowest BCUT2D eigenvalue weighted by Gasteiger charge is -2.37. The van der Waals surface area contributed by atoms with Crippen molar-refractivity contribution >= 4 is 41.8 Å². The molecule has 8 heteroatoms. The van der Waals surface area contributed by atoms with Crippen LogP contribution < -0.4 is 10.6 Å². The molecule has 3 rings (SSSR count). The van der Waals surface area contributed by atoms with Crippen LogP contribution in [0.5, 0.6) is 0 Å². The van der Waals surface area contributed by atoms with Crippen molar-refractivity contribution in [3.8, 4) is 0 Å². The van der Waals surface area contributed by atoms with Gasteiger partial charge < -0.3 is 20.4 Å². The quantitative estimate of drug-likeness (QED) is 0.748. The first kappa shape index (κ1) is 20.7. The van der Waals surface area contributed by atoms with Crippen LogP contribution in [0.1, 0.15) is 23.2 Å². The standard InChI is InChI=1S/C16H22N4O2.2ClH/c1-22-11-16(4-7-17-8-5-16)10-20-15(21)13-9-19-14-12(13)3-2-6-18-14;;/h2-3,6,9,17H,4-5,7-8,10-11H2,1H3,(H,18,19)(H,20,21);2*1H. The SMILES string of the molecule is COCC1(CNC(=O)c2c[nH]c3ncccc23)CCNCC1.Cl.Cl. The van der Waals surface area contributed by atoms with E-state index in [-0.39, 0.29) is 36.1 Å². The Labute approximate surface area is 154 Å². The highest BCUT2D eigenvalue weighted by Gasteiger charge is 2.32. The molecule has 0 spiro atoms. The Balaban J connectivity index is 0.00000144. The van der Waals surface area contributed by atoms with Gasteiger partial charge in [-0.25, -0.2) is 4.98 Å². The van der Waals surface area contributed by atoms with Crippen molar-refractivity contribution in [2.45, 2.75) is 12.8 Å². The van der Waals surface area contributed by atoms with Gasteiger partial charge in [-0.05, 0) is 38.1 Å². The maximum Gasteiger partial charge on any atom is 0.253 e. The zero-order valence-electron chi connectivity index (χ0n) is 13.6. The molecule has 2 aromatic rings. The fourth-order valence-corrected chi connectivity index (χ4v) is 3.14. The maximum atomic E-state index is 12.5. The number of nitrogens with one attached hydrogen (secondary N) is 3. The minimum atomic E-state index is -0.0618. The number of hydrogen-bond acceptors (Lipinski definition) is 4. The summed E-state index contributed by atoms with van der Waals surface area (Å²) in [6, 6.07) is 3.75. The van der Waals surface area contributed by atoms with Crippen LogP contribution in [0.4, 0.5) is 0 Å². The fraction of sp³-hybridized carbons (Fsp3) is 0.500. The van der Waals surface area contributed by atoms with Crippen LogP contribution in [0.25, 0.3) is 11.0 Å². The summed E-state index contributed by atoms with van der Waals surface area (Å²) in [4.78, 5) is 19.7. The molecule has 24 heavy (non-hydrogen) atoms. The lowest BCUT2D eigenvalue weighted by Crippen LogP contribution is -2.47. The van der Waals surface area contributed by atoms with Gasteiger partial charge in [0.15, 0.2) is 0 Å². The van der Waals surface area contributed by atoms with Gasteiger partial charge >= 0.3 is 0 Å². The van der Waals surface area contributed by atoms with Crippen LogP contribution in [0.2, 0.25) is 0 Å². The topological polar surface area (TPSA) is 79.0 Å². The summed E-state index contributed by atoms with van der Waals surface area (Å²) in [5.41, 5.74) is 1.41. The number of pyridine rings is 1. The zero-order valence-corrected chi connectivity index (χ0v) is 15.3. The van der Waals surface area contributed by atoms with Gasteiger partial charge in [-0.1, -0.05) is 0 Å². The van der Waals surface area contributed by atoms with Crippen LogP contribution in [-0.4, -0.2) is 49.2 Å². The largest absolute Gasteiger partial charge is 0.384 e. The molecule has 1 aliphatic rings. The lowest BCUT2D eigenvalue weighted by atomic mass is 9.79. The Morgan fingerprint density at radius 1 is 1.38 bits per heavy atom. The first-order chi connectivity index (χ1) is 10.7. The number of rotatable bonds is 5. The molecule has 0 atom stereocenters. The van der Waals surface area contributed by atoms with Crippen molar-refractivity contribution < 1.29 is 9.53 Å². The normalized spacial score (nSPS) is 16.0. The van der Waals surface area contributed by atoms with Crippen LogP contribution in [0, 0.1) is 5.41 Å². The number of methoxy groups -OCH3 is 1. The number of nitrogens with zero attached hydrogens (tertiary/aromatic N) is 1. The number of piperidine rings is 1. The van der Waals surface area contributed by atoms with Crippen LogP contribution in [0.15, 0.2) is 24.5 Å². The van der Waals surface area contributed by atoms with E-state index >= 15 is 0 Å². The third-order valence-electron chi connectivity index (χ3n) is 4.43. The van der Waals surface area contributed by atoms with Gasteiger partial charge in [-0.15, -0.1) is 24.8 Å². The van der Waals surface area contributed by atoms with Crippen molar-refractivity contribution in [3.05, 3.63) is 30.1 Å². The first-order valence-corrected chi connectivity index (χ1v) is 7.64. The summed E-state index contributed by atoms with van der Waals surface area (Å²) in [6.07, 6.45) is 5.45. The number of halogens is 2. The highest BCUT2D eigenvalue weighted by molar-refractivity contribution is 6.05. The van der Waals surface area contributed by atoms with E-state index in [1.165, 1.54) is 0 Å². The molecule has 134 valence electrons. The number of aromatic nitrogens is 2. The number of aromatic amines is 1. The molecular formula is C16H24Cl2N4O2. The van der Waals surface area contributed by atoms with E-state index in [9.17, 15) is 4.79 Å². The van der Waals surface area contributed by atoms with Crippen molar-refractivity contribution in [2.75, 3.05) is 33.4 Å². The Kier molecular flexibility index (Phi) is 7.96. The minimum Gasteiger partial charge on any atom is -0.384 e. The van der Waals surface area contributed by atoms with E-state index in [0.29, 0.717) is 18.7 Å². The molecular weight excluding hydrogens is 351 g/mol. The molecule has 0 aromatic carbocycles. The van der Waals surface area contributed by atoms with Gasteiger partial charge in [0.1, 0.15) is 5.65 Å². The Hall–Kier alpha value is -1.34. The second-order valence-electron chi connectivity index (χ2n) is 5.97. The van der Waals surface area contributed by atoms with Gasteiger partial charge in [0.05, 0.1) is 12.2 Å². The number of carbonyl (C=O) groups is 1. The maximum absolute atomic E-state index is 12.5. The highest BCUT2D eigenvalue weighted by atomic mass is 35.5. The fourth-order valence-electron chi connectivity index (χ4n) is 3.14. The van der Waals surface area contributed by atoms with Crippen LogP contribution in [-0.2, 0) is 4.74 Å². The van der Waals surface area contributed by atoms with E-state index < -0.39 is 0 Å². The van der Waals surface area contributed by atoms with Crippen LogP contribution in [0.3, 0.4) is 0 Å². The molecule has 1 fully saturated rings. The van der Waals surface area contributed by atoms with Gasteiger partial charge in [0, 0.05) is 36.8 Å².